The van der Waals surface area contributed by atoms with E-state index in [1.54, 1.807) is 19.9 Å². The molecule has 0 unspecified atom stereocenters. The zero-order valence-electron chi connectivity index (χ0n) is 15.7. The number of pyridine rings is 1. The molecular weight excluding hydrogens is 351 g/mol. The van der Waals surface area contributed by atoms with Gasteiger partial charge in [-0.1, -0.05) is 0 Å². The first-order valence-electron chi connectivity index (χ1n) is 9.88. The molecule has 2 fully saturated rings. The summed E-state index contributed by atoms with van der Waals surface area (Å²) in [5, 5.41) is 1.10. The van der Waals surface area contributed by atoms with Gasteiger partial charge in [-0.05, 0) is 43.9 Å². The van der Waals surface area contributed by atoms with E-state index in [4.69, 9.17) is 0 Å². The second-order valence-electron chi connectivity index (χ2n) is 7.56. The van der Waals surface area contributed by atoms with Gasteiger partial charge in [0.05, 0.1) is 23.0 Å². The largest absolute Gasteiger partial charge is 0.369 e. The third-order valence-corrected chi connectivity index (χ3v) is 5.77. The summed E-state index contributed by atoms with van der Waals surface area (Å²) in [6.07, 6.45) is 12.7. The van der Waals surface area contributed by atoms with Crippen LogP contribution in [0.15, 0.2) is 37.1 Å². The fourth-order valence-corrected chi connectivity index (χ4v) is 4.36. The Bertz CT molecular complexity index is 973. The van der Waals surface area contributed by atoms with Crippen LogP contribution in [-0.4, -0.2) is 63.5 Å². The Hall–Kier alpha value is -2.74. The standard InChI is InChI=1S/C20H22BN6O/c28-12-21-27(14-3-4-14)15-2-1-9-26(11-15)18-6-8-23-20-19(18)16(10-24-20)17-5-7-22-13-25-17/h5-8,10,12-15H,1-4,9,11H2,(H,23,24)/t15-/m0/s1. The average Bonchev–Trinajstić information content (AvgIpc) is 3.50. The molecule has 3 aromatic heterocycles. The lowest BCUT2D eigenvalue weighted by Crippen LogP contribution is -2.50. The SMILES string of the molecule is O=C[B]N(C1CC1)[C@H]1CCCN(c2ccnc3[nH]cc(-c4ccncn4)c23)C1. The molecule has 4 heterocycles. The van der Waals surface area contributed by atoms with Crippen molar-refractivity contribution in [1.82, 2.24) is 24.7 Å². The Morgan fingerprint density at radius 2 is 2.11 bits per heavy atom. The van der Waals surface area contributed by atoms with E-state index in [1.807, 2.05) is 18.5 Å². The number of aromatic nitrogens is 4. The molecule has 1 atom stereocenters. The van der Waals surface area contributed by atoms with Gasteiger partial charge in [-0.25, -0.2) is 15.0 Å². The van der Waals surface area contributed by atoms with Gasteiger partial charge in [0, 0.05) is 43.3 Å². The summed E-state index contributed by atoms with van der Waals surface area (Å²) in [6.45, 7) is 1.91. The Morgan fingerprint density at radius 3 is 2.89 bits per heavy atom. The van der Waals surface area contributed by atoms with Crippen LogP contribution in [0.1, 0.15) is 25.7 Å². The highest BCUT2D eigenvalue weighted by molar-refractivity contribution is 6.64. The van der Waals surface area contributed by atoms with Crippen LogP contribution in [0.4, 0.5) is 5.69 Å². The first kappa shape index (κ1) is 17.4. The number of rotatable bonds is 6. The Kier molecular flexibility index (Phi) is 4.56. The van der Waals surface area contributed by atoms with E-state index >= 15 is 0 Å². The molecule has 1 N–H and O–H groups in total. The normalized spacial score (nSPS) is 19.9. The molecule has 1 saturated carbocycles. The van der Waals surface area contributed by atoms with E-state index in [9.17, 15) is 4.79 Å². The number of aromatic amines is 1. The lowest BCUT2D eigenvalue weighted by Gasteiger charge is -2.40. The molecule has 1 saturated heterocycles. The molecular formula is C20H22BN6O. The minimum atomic E-state index is 0.371. The number of anilines is 1. The van der Waals surface area contributed by atoms with Crippen LogP contribution in [0.3, 0.4) is 0 Å². The first-order valence-corrected chi connectivity index (χ1v) is 9.88. The second-order valence-corrected chi connectivity index (χ2v) is 7.56. The van der Waals surface area contributed by atoms with Crippen molar-refractivity contribution in [3.63, 3.8) is 0 Å². The maximum Gasteiger partial charge on any atom is 0.293 e. The molecule has 0 bridgehead atoms. The van der Waals surface area contributed by atoms with Gasteiger partial charge < -0.3 is 19.5 Å². The number of hydrogen-bond donors (Lipinski definition) is 1. The molecule has 1 aliphatic carbocycles. The van der Waals surface area contributed by atoms with Crippen molar-refractivity contribution < 1.29 is 4.79 Å². The lowest BCUT2D eigenvalue weighted by molar-refractivity contribution is 0.283. The third-order valence-electron chi connectivity index (χ3n) is 5.77. The highest BCUT2D eigenvalue weighted by atomic mass is 16.1. The van der Waals surface area contributed by atoms with Crippen LogP contribution in [0, 0.1) is 0 Å². The Balaban J connectivity index is 1.50. The van der Waals surface area contributed by atoms with Crippen molar-refractivity contribution in [3.8, 4) is 11.3 Å². The summed E-state index contributed by atoms with van der Waals surface area (Å²) >= 11 is 0. The predicted molar refractivity (Wildman–Crippen MR) is 110 cm³/mol. The van der Waals surface area contributed by atoms with Crippen LogP contribution in [0.2, 0.25) is 0 Å². The highest BCUT2D eigenvalue weighted by Gasteiger charge is 2.36. The maximum atomic E-state index is 11.1. The summed E-state index contributed by atoms with van der Waals surface area (Å²) in [7, 11) is 1.75. The van der Waals surface area contributed by atoms with Crippen LogP contribution in [0.5, 0.6) is 0 Å². The molecule has 0 spiro atoms. The second kappa shape index (κ2) is 7.35. The number of piperidine rings is 1. The van der Waals surface area contributed by atoms with Gasteiger partial charge in [-0.3, -0.25) is 0 Å². The van der Waals surface area contributed by atoms with Gasteiger partial charge in [0.1, 0.15) is 12.0 Å². The molecule has 3 aromatic rings. The van der Waals surface area contributed by atoms with Crippen LogP contribution < -0.4 is 4.90 Å². The van der Waals surface area contributed by atoms with Crippen molar-refractivity contribution in [2.75, 3.05) is 18.0 Å². The van der Waals surface area contributed by atoms with E-state index in [2.05, 4.69) is 35.7 Å². The monoisotopic (exact) mass is 373 g/mol. The molecule has 1 radical (unpaired) electrons. The Morgan fingerprint density at radius 1 is 1.18 bits per heavy atom. The van der Waals surface area contributed by atoms with E-state index in [0.717, 1.165) is 54.4 Å². The van der Waals surface area contributed by atoms with Gasteiger partial charge in [-0.15, -0.1) is 0 Å². The van der Waals surface area contributed by atoms with Gasteiger partial charge >= 0.3 is 0 Å². The smallest absolute Gasteiger partial charge is 0.293 e. The predicted octanol–water partition coefficient (Wildman–Crippen LogP) is 2.26. The quantitative estimate of drug-likeness (QED) is 0.528. The van der Waals surface area contributed by atoms with Gasteiger partial charge in [0.15, 0.2) is 0 Å². The Labute approximate surface area is 164 Å². The summed E-state index contributed by atoms with van der Waals surface area (Å²) in [4.78, 5) is 32.1. The van der Waals surface area contributed by atoms with Gasteiger partial charge in [0.2, 0.25) is 0 Å². The third kappa shape index (κ3) is 3.18. The average molecular weight is 373 g/mol. The zero-order chi connectivity index (χ0) is 18.9. The summed E-state index contributed by atoms with van der Waals surface area (Å²) in [5.41, 5.74) is 3.97. The summed E-state index contributed by atoms with van der Waals surface area (Å²) < 4.78 is 0. The van der Waals surface area contributed by atoms with Crippen LogP contribution >= 0.6 is 0 Å². The fraction of sp³-hybridized carbons (Fsp3) is 0.400. The number of nitrogens with zero attached hydrogens (tertiary/aromatic N) is 5. The lowest BCUT2D eigenvalue weighted by atomic mass is 9.88. The number of nitrogens with one attached hydrogen (secondary N) is 1. The van der Waals surface area contributed by atoms with E-state index < -0.39 is 0 Å². The van der Waals surface area contributed by atoms with Crippen LogP contribution in [0.25, 0.3) is 22.3 Å². The zero-order valence-corrected chi connectivity index (χ0v) is 15.7. The molecule has 28 heavy (non-hydrogen) atoms. The first-order chi connectivity index (χ1) is 13.8. The van der Waals surface area contributed by atoms with E-state index in [1.165, 1.54) is 18.5 Å². The topological polar surface area (TPSA) is 78.0 Å². The van der Waals surface area contributed by atoms with Gasteiger partial charge in [-0.2, -0.15) is 0 Å². The molecule has 2 aliphatic rings. The van der Waals surface area contributed by atoms with Crippen LogP contribution in [-0.2, 0) is 4.79 Å². The van der Waals surface area contributed by atoms with E-state index in [0.29, 0.717) is 12.1 Å². The molecule has 8 heteroatoms. The number of carbonyl (C=O) groups excluding carboxylic acids is 1. The minimum Gasteiger partial charge on any atom is -0.369 e. The number of carbonyl (C=O) groups is 1. The molecule has 1 aliphatic heterocycles. The van der Waals surface area contributed by atoms with Crippen molar-refractivity contribution in [2.45, 2.75) is 37.8 Å². The number of fused-ring (bicyclic) bond motifs is 1. The van der Waals surface area contributed by atoms with Crippen molar-refractivity contribution >= 4 is 30.3 Å². The molecule has 141 valence electrons. The van der Waals surface area contributed by atoms with E-state index in [-0.39, 0.29) is 0 Å². The molecule has 0 aromatic carbocycles. The molecule has 0 amide bonds. The highest BCUT2D eigenvalue weighted by Crippen LogP contribution is 2.36. The van der Waals surface area contributed by atoms with Crippen molar-refractivity contribution in [2.24, 2.45) is 0 Å². The van der Waals surface area contributed by atoms with Crippen molar-refractivity contribution in [1.29, 1.82) is 0 Å². The minimum absolute atomic E-state index is 0.371. The maximum absolute atomic E-state index is 11.1. The summed E-state index contributed by atoms with van der Waals surface area (Å²) in [5.74, 6) is 0. The molecule has 7 nitrogen and oxygen atoms in total. The fourth-order valence-electron chi connectivity index (χ4n) is 4.36. The number of H-pyrrole nitrogens is 1. The van der Waals surface area contributed by atoms with Gasteiger partial charge in [0.25, 0.3) is 7.41 Å². The summed E-state index contributed by atoms with van der Waals surface area (Å²) in [6, 6.07) is 4.92. The van der Waals surface area contributed by atoms with Crippen molar-refractivity contribution in [3.05, 3.63) is 37.1 Å². The molecule has 5 rings (SSSR count). The number of hydrogen-bond acceptors (Lipinski definition) is 6.